The quantitative estimate of drug-likeness (QED) is 0.148. The molecule has 0 aliphatic carbocycles. The predicted octanol–water partition coefficient (Wildman–Crippen LogP) is 7.62. The summed E-state index contributed by atoms with van der Waals surface area (Å²) in [6, 6.07) is 46.8. The third kappa shape index (κ3) is 6.57. The van der Waals surface area contributed by atoms with Gasteiger partial charge < -0.3 is 24.2 Å². The number of carbonyl (C=O) groups excluding carboxylic acids is 1. The van der Waals surface area contributed by atoms with Crippen LogP contribution in [0.15, 0.2) is 146 Å². The highest BCUT2D eigenvalue weighted by Gasteiger charge is 2.51. The molecule has 1 aliphatic rings. The topological polar surface area (TPSA) is 72.6 Å². The molecule has 0 radical (unpaired) electrons. The first-order valence-corrected chi connectivity index (χ1v) is 18.8. The van der Waals surface area contributed by atoms with Crippen LogP contribution in [-0.4, -0.2) is 31.9 Å². The van der Waals surface area contributed by atoms with E-state index in [4.69, 9.17) is 13.9 Å². The first-order valence-electron chi connectivity index (χ1n) is 16.9. The number of aromatic amines is 1. The molecule has 1 fully saturated rings. The number of amides is 1. The Hall–Kier alpha value is -4.95. The van der Waals surface area contributed by atoms with E-state index in [-0.39, 0.29) is 17.6 Å². The Balaban J connectivity index is 1.23. The number of fused-ring (bicyclic) bond motifs is 1. The second-order valence-electron chi connectivity index (χ2n) is 13.7. The Morgan fingerprint density at radius 3 is 1.96 bits per heavy atom. The fraction of sp³-hybridized carbons (Fsp3) is 0.214. The van der Waals surface area contributed by atoms with Crippen LogP contribution in [-0.2, 0) is 20.6 Å². The van der Waals surface area contributed by atoms with E-state index in [9.17, 15) is 4.79 Å². The summed E-state index contributed by atoms with van der Waals surface area (Å²) in [6.07, 6.45) is 0.614. The molecular formula is C42H42N2O4Si. The molecule has 0 spiro atoms. The van der Waals surface area contributed by atoms with Gasteiger partial charge in [-0.1, -0.05) is 142 Å². The van der Waals surface area contributed by atoms with Gasteiger partial charge in [0.2, 0.25) is 0 Å². The van der Waals surface area contributed by atoms with Crippen molar-refractivity contribution in [3.63, 3.8) is 0 Å². The molecule has 1 saturated heterocycles. The molecule has 0 bridgehead atoms. The summed E-state index contributed by atoms with van der Waals surface area (Å²) in [5.74, 6) is 0.584. The minimum Gasteiger partial charge on any atom is -0.489 e. The number of H-pyrrole nitrogens is 1. The predicted molar refractivity (Wildman–Crippen MR) is 198 cm³/mol. The summed E-state index contributed by atoms with van der Waals surface area (Å²) >= 11 is 0. The monoisotopic (exact) mass is 666 g/mol. The van der Waals surface area contributed by atoms with Crippen LogP contribution in [0.25, 0.3) is 10.9 Å². The molecule has 6 nitrogen and oxygen atoms in total. The molecule has 49 heavy (non-hydrogen) atoms. The van der Waals surface area contributed by atoms with E-state index in [0.717, 1.165) is 33.3 Å². The molecule has 3 atom stereocenters. The van der Waals surface area contributed by atoms with Gasteiger partial charge >= 0.3 is 0 Å². The Bertz CT molecular complexity index is 1950. The minimum absolute atomic E-state index is 0.181. The lowest BCUT2D eigenvalue weighted by Gasteiger charge is -2.45. The molecule has 5 aromatic carbocycles. The first-order chi connectivity index (χ1) is 23.8. The molecule has 1 amide bonds. The van der Waals surface area contributed by atoms with Gasteiger partial charge in [0.25, 0.3) is 14.2 Å². The minimum atomic E-state index is -2.88. The van der Waals surface area contributed by atoms with Gasteiger partial charge in [-0.25, -0.2) is 0 Å². The Labute approximate surface area is 289 Å². The summed E-state index contributed by atoms with van der Waals surface area (Å²) in [5.41, 5.74) is 3.81. The van der Waals surface area contributed by atoms with Crippen molar-refractivity contribution in [3.05, 3.63) is 162 Å². The number of benzene rings is 5. The van der Waals surface area contributed by atoms with Crippen LogP contribution in [0.3, 0.4) is 0 Å². The van der Waals surface area contributed by atoms with Crippen LogP contribution < -0.4 is 20.4 Å². The highest BCUT2D eigenvalue weighted by molar-refractivity contribution is 6.99. The van der Waals surface area contributed by atoms with E-state index in [1.165, 1.54) is 10.4 Å². The Kier molecular flexibility index (Phi) is 9.23. The summed E-state index contributed by atoms with van der Waals surface area (Å²) in [4.78, 5) is 17.3. The maximum atomic E-state index is 13.9. The van der Waals surface area contributed by atoms with Gasteiger partial charge in [-0.2, -0.15) is 0 Å². The smallest absolute Gasteiger partial charge is 0.261 e. The van der Waals surface area contributed by atoms with Crippen LogP contribution >= 0.6 is 0 Å². The van der Waals surface area contributed by atoms with E-state index in [0.29, 0.717) is 6.61 Å². The van der Waals surface area contributed by atoms with Gasteiger partial charge in [-0.15, -0.1) is 0 Å². The van der Waals surface area contributed by atoms with Gasteiger partial charge in [0.05, 0.1) is 12.6 Å². The SMILES string of the molecule is CC(C)(C)[Si](OC[C@H]1NC(=O)[C@H](c2c[nH]c3ccccc23)O[C@@H]1c1ccc(OCc2ccccc2)cc1)(c1ccccc1)c1ccccc1. The molecule has 7 rings (SSSR count). The lowest BCUT2D eigenvalue weighted by molar-refractivity contribution is -0.152. The summed E-state index contributed by atoms with van der Waals surface area (Å²) in [5, 5.41) is 6.47. The summed E-state index contributed by atoms with van der Waals surface area (Å²) in [6.45, 7) is 7.53. The van der Waals surface area contributed by atoms with E-state index in [1.54, 1.807) is 0 Å². The van der Waals surface area contributed by atoms with Crippen molar-refractivity contribution in [1.29, 1.82) is 0 Å². The van der Waals surface area contributed by atoms with Crippen molar-refractivity contribution in [1.82, 2.24) is 10.3 Å². The van der Waals surface area contributed by atoms with E-state index in [1.807, 2.05) is 97.2 Å². The second-order valence-corrected chi connectivity index (χ2v) is 18.0. The van der Waals surface area contributed by atoms with Crippen LogP contribution in [0, 0.1) is 0 Å². The Morgan fingerprint density at radius 1 is 0.735 bits per heavy atom. The van der Waals surface area contributed by atoms with E-state index in [2.05, 4.69) is 79.6 Å². The number of morpholine rings is 1. The highest BCUT2D eigenvalue weighted by Crippen LogP contribution is 2.40. The lowest BCUT2D eigenvalue weighted by atomic mass is 9.97. The molecule has 2 N–H and O–H groups in total. The zero-order valence-corrected chi connectivity index (χ0v) is 29.1. The Morgan fingerprint density at radius 2 is 1.33 bits per heavy atom. The lowest BCUT2D eigenvalue weighted by Crippen LogP contribution is -2.68. The van der Waals surface area contributed by atoms with Gasteiger partial charge in [0.15, 0.2) is 6.10 Å². The number of aromatic nitrogens is 1. The number of hydrogen-bond acceptors (Lipinski definition) is 4. The molecule has 6 aromatic rings. The van der Waals surface area contributed by atoms with Crippen molar-refractivity contribution >= 4 is 35.5 Å². The molecule has 1 aliphatic heterocycles. The van der Waals surface area contributed by atoms with E-state index >= 15 is 0 Å². The largest absolute Gasteiger partial charge is 0.489 e. The van der Waals surface area contributed by atoms with E-state index < -0.39 is 26.6 Å². The molecule has 0 unspecified atom stereocenters. The maximum Gasteiger partial charge on any atom is 0.261 e. The maximum absolute atomic E-state index is 13.9. The van der Waals surface area contributed by atoms with Crippen molar-refractivity contribution < 1.29 is 18.7 Å². The zero-order chi connectivity index (χ0) is 33.8. The van der Waals surface area contributed by atoms with Crippen LogP contribution in [0.5, 0.6) is 5.75 Å². The molecule has 1 aromatic heterocycles. The van der Waals surface area contributed by atoms with Crippen molar-refractivity contribution in [2.75, 3.05) is 6.61 Å². The van der Waals surface area contributed by atoms with Crippen molar-refractivity contribution in [3.8, 4) is 5.75 Å². The molecule has 2 heterocycles. The van der Waals surface area contributed by atoms with Crippen molar-refractivity contribution in [2.24, 2.45) is 0 Å². The normalized spacial score (nSPS) is 18.3. The number of hydrogen-bond donors (Lipinski definition) is 2. The summed E-state index contributed by atoms with van der Waals surface area (Å²) in [7, 11) is -2.88. The van der Waals surface area contributed by atoms with Gasteiger partial charge in [-0.3, -0.25) is 4.79 Å². The fourth-order valence-corrected chi connectivity index (χ4v) is 11.7. The fourth-order valence-electron chi connectivity index (χ4n) is 7.07. The number of nitrogens with one attached hydrogen (secondary N) is 2. The number of rotatable bonds is 10. The average Bonchev–Trinajstić information content (AvgIpc) is 3.56. The van der Waals surface area contributed by atoms with Crippen LogP contribution in [0.1, 0.15) is 49.7 Å². The molecule has 7 heteroatoms. The average molecular weight is 667 g/mol. The van der Waals surface area contributed by atoms with Gasteiger partial charge in [-0.05, 0) is 44.7 Å². The first kappa shape index (κ1) is 32.6. The summed E-state index contributed by atoms with van der Waals surface area (Å²) < 4.78 is 20.3. The van der Waals surface area contributed by atoms with Gasteiger partial charge in [0.1, 0.15) is 18.5 Å². The van der Waals surface area contributed by atoms with Crippen LogP contribution in [0.2, 0.25) is 5.04 Å². The van der Waals surface area contributed by atoms with Crippen molar-refractivity contribution in [2.45, 2.75) is 50.7 Å². The number of para-hydroxylation sites is 1. The third-order valence-corrected chi connectivity index (χ3v) is 14.5. The highest BCUT2D eigenvalue weighted by atomic mass is 28.4. The van der Waals surface area contributed by atoms with Crippen LogP contribution in [0.4, 0.5) is 0 Å². The zero-order valence-electron chi connectivity index (χ0n) is 28.1. The molecule has 248 valence electrons. The molecular weight excluding hydrogens is 625 g/mol. The standard InChI is InChI=1S/C42H42N2O4Si/c1-42(2,3)49(33-17-9-5-10-18-33,34-19-11-6-12-20-34)47-29-38-39(31-23-25-32(26-24-31)46-28-30-15-7-4-8-16-30)48-40(41(45)44-38)36-27-43-37-22-14-13-21-35(36)37/h4-27,38-40,43H,28-29H2,1-3H3,(H,44,45)/t38-,39-,40+/m1/s1. The second kappa shape index (κ2) is 13.9. The van der Waals surface area contributed by atoms with Gasteiger partial charge in [0, 0.05) is 22.7 Å². The third-order valence-electron chi connectivity index (χ3n) is 9.47. The molecule has 0 saturated carbocycles. The number of carbonyl (C=O) groups is 1. The number of ether oxygens (including phenoxy) is 2.